The number of hydrogen-bond acceptors (Lipinski definition) is 1. The first-order chi connectivity index (χ1) is 9.69. The molecule has 100 valence electrons. The minimum Gasteiger partial charge on any atom is -0.354 e. The Bertz CT molecular complexity index is 805. The van der Waals surface area contributed by atoms with Gasteiger partial charge in [-0.3, -0.25) is 0 Å². The van der Waals surface area contributed by atoms with E-state index in [0.717, 1.165) is 22.3 Å². The standard InChI is InChI=1S/C16H12ClFN2/c1-2-4-10-9-19-16(17)8-11(10)15-7-12-13(18)5-3-6-14(12)20-15/h2-9,20H,1H3. The summed E-state index contributed by atoms with van der Waals surface area (Å²) in [6.45, 7) is 1.93. The topological polar surface area (TPSA) is 28.7 Å². The van der Waals surface area contributed by atoms with E-state index in [-0.39, 0.29) is 5.82 Å². The largest absolute Gasteiger partial charge is 0.354 e. The molecular weight excluding hydrogens is 275 g/mol. The highest BCUT2D eigenvalue weighted by molar-refractivity contribution is 6.29. The van der Waals surface area contributed by atoms with E-state index in [0.29, 0.717) is 10.5 Å². The second kappa shape index (κ2) is 5.10. The number of benzene rings is 1. The number of aromatic nitrogens is 2. The number of fused-ring (bicyclic) bond motifs is 1. The Morgan fingerprint density at radius 1 is 1.30 bits per heavy atom. The second-order valence-corrected chi connectivity index (χ2v) is 4.87. The summed E-state index contributed by atoms with van der Waals surface area (Å²) in [5.41, 5.74) is 3.42. The van der Waals surface area contributed by atoms with E-state index in [1.54, 1.807) is 24.4 Å². The summed E-state index contributed by atoms with van der Waals surface area (Å²) in [6.07, 6.45) is 5.58. The Morgan fingerprint density at radius 2 is 2.15 bits per heavy atom. The molecule has 0 saturated carbocycles. The number of aromatic amines is 1. The van der Waals surface area contributed by atoms with E-state index in [1.165, 1.54) is 6.07 Å². The molecule has 0 aliphatic rings. The third-order valence-corrected chi connectivity index (χ3v) is 3.36. The smallest absolute Gasteiger partial charge is 0.132 e. The predicted octanol–water partition coefficient (Wildman–Crippen LogP) is 5.06. The summed E-state index contributed by atoms with van der Waals surface area (Å²) in [7, 11) is 0. The maximum Gasteiger partial charge on any atom is 0.132 e. The SMILES string of the molecule is CC=Cc1cnc(Cl)cc1-c1cc2c(F)cccc2[nH]1. The van der Waals surface area contributed by atoms with Gasteiger partial charge in [0.15, 0.2) is 0 Å². The Hall–Kier alpha value is -2.13. The number of halogens is 2. The van der Waals surface area contributed by atoms with Crippen molar-refractivity contribution >= 4 is 28.6 Å². The lowest BCUT2D eigenvalue weighted by molar-refractivity contribution is 0.640. The maximum atomic E-state index is 13.8. The molecule has 0 bridgehead atoms. The van der Waals surface area contributed by atoms with Crippen LogP contribution < -0.4 is 0 Å². The van der Waals surface area contributed by atoms with Gasteiger partial charge in [0, 0.05) is 33.9 Å². The van der Waals surface area contributed by atoms with Crippen molar-refractivity contribution in [1.29, 1.82) is 0 Å². The Labute approximate surface area is 120 Å². The number of nitrogens with one attached hydrogen (secondary N) is 1. The highest BCUT2D eigenvalue weighted by Crippen LogP contribution is 2.30. The summed E-state index contributed by atoms with van der Waals surface area (Å²) in [5, 5.41) is 0.981. The lowest BCUT2D eigenvalue weighted by Crippen LogP contribution is -1.86. The monoisotopic (exact) mass is 286 g/mol. The molecule has 0 radical (unpaired) electrons. The molecule has 2 nitrogen and oxygen atoms in total. The van der Waals surface area contributed by atoms with Crippen LogP contribution in [0.15, 0.2) is 42.6 Å². The molecule has 2 heterocycles. The molecule has 0 unspecified atom stereocenters. The molecule has 0 amide bonds. The number of pyridine rings is 1. The fraction of sp³-hybridized carbons (Fsp3) is 0.0625. The van der Waals surface area contributed by atoms with Crippen LogP contribution in [0.3, 0.4) is 0 Å². The summed E-state index contributed by atoms with van der Waals surface area (Å²) in [5.74, 6) is -0.238. The van der Waals surface area contributed by atoms with Crippen LogP contribution >= 0.6 is 11.6 Å². The molecule has 0 aliphatic heterocycles. The number of hydrogen-bond donors (Lipinski definition) is 1. The average molecular weight is 287 g/mol. The Kier molecular flexibility index (Phi) is 3.28. The van der Waals surface area contributed by atoms with Crippen molar-refractivity contribution in [3.8, 4) is 11.3 Å². The van der Waals surface area contributed by atoms with Gasteiger partial charge in [0.25, 0.3) is 0 Å². The molecule has 0 fully saturated rings. The van der Waals surface area contributed by atoms with Gasteiger partial charge >= 0.3 is 0 Å². The first kappa shape index (κ1) is 12.9. The van der Waals surface area contributed by atoms with E-state index in [4.69, 9.17) is 11.6 Å². The lowest BCUT2D eigenvalue weighted by atomic mass is 10.1. The number of rotatable bonds is 2. The summed E-state index contributed by atoms with van der Waals surface area (Å²) in [6, 6.07) is 8.56. The van der Waals surface area contributed by atoms with Crippen molar-refractivity contribution < 1.29 is 4.39 Å². The zero-order chi connectivity index (χ0) is 14.1. The molecule has 2 aromatic heterocycles. The highest BCUT2D eigenvalue weighted by Gasteiger charge is 2.10. The zero-order valence-corrected chi connectivity index (χ0v) is 11.6. The van der Waals surface area contributed by atoms with Crippen molar-refractivity contribution in [2.75, 3.05) is 0 Å². The molecule has 0 saturated heterocycles. The third-order valence-electron chi connectivity index (χ3n) is 3.15. The van der Waals surface area contributed by atoms with E-state index < -0.39 is 0 Å². The van der Waals surface area contributed by atoms with Crippen LogP contribution in [0.4, 0.5) is 4.39 Å². The summed E-state index contributed by atoms with van der Waals surface area (Å²) < 4.78 is 13.8. The Morgan fingerprint density at radius 3 is 2.90 bits per heavy atom. The van der Waals surface area contributed by atoms with Crippen molar-refractivity contribution in [3.05, 3.63) is 59.1 Å². The van der Waals surface area contributed by atoms with Crippen molar-refractivity contribution in [1.82, 2.24) is 9.97 Å². The fourth-order valence-corrected chi connectivity index (χ4v) is 2.41. The van der Waals surface area contributed by atoms with E-state index >= 15 is 0 Å². The van der Waals surface area contributed by atoms with Crippen LogP contribution in [0.25, 0.3) is 28.2 Å². The van der Waals surface area contributed by atoms with E-state index in [9.17, 15) is 4.39 Å². The summed E-state index contributed by atoms with van der Waals surface area (Å²) >= 11 is 5.97. The lowest BCUT2D eigenvalue weighted by Gasteiger charge is -2.04. The first-order valence-electron chi connectivity index (χ1n) is 6.25. The quantitative estimate of drug-likeness (QED) is 0.656. The van der Waals surface area contributed by atoms with Crippen LogP contribution in [0, 0.1) is 5.82 Å². The van der Waals surface area contributed by atoms with Crippen LogP contribution in [0.5, 0.6) is 0 Å². The molecule has 1 aromatic carbocycles. The normalized spacial score (nSPS) is 11.6. The molecule has 4 heteroatoms. The number of H-pyrrole nitrogens is 1. The minimum atomic E-state index is -0.238. The number of allylic oxidation sites excluding steroid dienone is 1. The van der Waals surface area contributed by atoms with Crippen LogP contribution in [0.1, 0.15) is 12.5 Å². The molecule has 3 rings (SSSR count). The van der Waals surface area contributed by atoms with Gasteiger partial charge in [-0.25, -0.2) is 9.37 Å². The molecule has 1 N–H and O–H groups in total. The Balaban J connectivity index is 2.24. The third kappa shape index (κ3) is 2.21. The first-order valence-corrected chi connectivity index (χ1v) is 6.62. The molecular formula is C16H12ClFN2. The molecule has 3 aromatic rings. The highest BCUT2D eigenvalue weighted by atomic mass is 35.5. The summed E-state index contributed by atoms with van der Waals surface area (Å²) in [4.78, 5) is 7.30. The minimum absolute atomic E-state index is 0.238. The number of nitrogens with zero attached hydrogens (tertiary/aromatic N) is 1. The van der Waals surface area contributed by atoms with Gasteiger partial charge in [-0.15, -0.1) is 0 Å². The van der Waals surface area contributed by atoms with Crippen LogP contribution in [-0.4, -0.2) is 9.97 Å². The van der Waals surface area contributed by atoms with Crippen molar-refractivity contribution in [3.63, 3.8) is 0 Å². The van der Waals surface area contributed by atoms with Gasteiger partial charge in [0.1, 0.15) is 11.0 Å². The van der Waals surface area contributed by atoms with E-state index in [1.807, 2.05) is 25.1 Å². The van der Waals surface area contributed by atoms with Gasteiger partial charge in [0.2, 0.25) is 0 Å². The van der Waals surface area contributed by atoms with Gasteiger partial charge in [-0.05, 0) is 31.2 Å². The molecule has 0 atom stereocenters. The van der Waals surface area contributed by atoms with Crippen LogP contribution in [0.2, 0.25) is 5.15 Å². The average Bonchev–Trinajstić information content (AvgIpc) is 2.86. The molecule has 20 heavy (non-hydrogen) atoms. The molecule has 0 spiro atoms. The van der Waals surface area contributed by atoms with Gasteiger partial charge < -0.3 is 4.98 Å². The van der Waals surface area contributed by atoms with Gasteiger partial charge in [-0.1, -0.05) is 29.8 Å². The van der Waals surface area contributed by atoms with Crippen molar-refractivity contribution in [2.45, 2.75) is 6.92 Å². The fourth-order valence-electron chi connectivity index (χ4n) is 2.25. The predicted molar refractivity (Wildman–Crippen MR) is 81.2 cm³/mol. The van der Waals surface area contributed by atoms with E-state index in [2.05, 4.69) is 9.97 Å². The van der Waals surface area contributed by atoms with Crippen LogP contribution in [-0.2, 0) is 0 Å². The molecule has 0 aliphatic carbocycles. The van der Waals surface area contributed by atoms with Gasteiger partial charge in [0.05, 0.1) is 0 Å². The maximum absolute atomic E-state index is 13.8. The van der Waals surface area contributed by atoms with Gasteiger partial charge in [-0.2, -0.15) is 0 Å². The zero-order valence-electron chi connectivity index (χ0n) is 10.8. The van der Waals surface area contributed by atoms with Crippen molar-refractivity contribution in [2.24, 2.45) is 0 Å². The second-order valence-electron chi connectivity index (χ2n) is 4.48.